The van der Waals surface area contributed by atoms with E-state index in [4.69, 9.17) is 11.6 Å². The molecule has 1 atom stereocenters. The van der Waals surface area contributed by atoms with Gasteiger partial charge in [-0.05, 0) is 43.4 Å². The largest absolute Gasteiger partial charge is 0.314 e. The van der Waals surface area contributed by atoms with Crippen molar-refractivity contribution in [2.45, 2.75) is 32.2 Å². The predicted molar refractivity (Wildman–Crippen MR) is 63.1 cm³/mol. The third kappa shape index (κ3) is 2.93. The van der Waals surface area contributed by atoms with Crippen LogP contribution in [0.15, 0.2) is 18.5 Å². The smallest absolute Gasteiger partial charge is 0.0621 e. The molecule has 1 aliphatic rings. The molecule has 2 nitrogen and oxygen atoms in total. The number of nitrogens with one attached hydrogen (secondary N) is 1. The molecule has 0 saturated heterocycles. The molecule has 1 unspecified atom stereocenters. The van der Waals surface area contributed by atoms with Crippen LogP contribution in [0.3, 0.4) is 0 Å². The lowest BCUT2D eigenvalue weighted by molar-refractivity contribution is 0.472. The first kappa shape index (κ1) is 10.9. The van der Waals surface area contributed by atoms with Crippen LogP contribution in [0.5, 0.6) is 0 Å². The first-order chi connectivity index (χ1) is 7.31. The average molecular weight is 225 g/mol. The predicted octanol–water partition coefficient (Wildman–Crippen LogP) is 2.67. The van der Waals surface area contributed by atoms with Crippen molar-refractivity contribution >= 4 is 11.6 Å². The van der Waals surface area contributed by atoms with Crippen LogP contribution in [0.2, 0.25) is 5.02 Å². The Kier molecular flexibility index (Phi) is 3.60. The van der Waals surface area contributed by atoms with E-state index >= 15 is 0 Å². The van der Waals surface area contributed by atoms with Gasteiger partial charge in [0.15, 0.2) is 0 Å². The summed E-state index contributed by atoms with van der Waals surface area (Å²) >= 11 is 6.10. The van der Waals surface area contributed by atoms with Gasteiger partial charge in [-0.25, -0.2) is 0 Å². The van der Waals surface area contributed by atoms with E-state index in [0.29, 0.717) is 6.04 Å². The second kappa shape index (κ2) is 4.95. The van der Waals surface area contributed by atoms with Gasteiger partial charge in [0.25, 0.3) is 0 Å². The summed E-state index contributed by atoms with van der Waals surface area (Å²) in [4.78, 5) is 4.01. The molecule has 1 saturated carbocycles. The summed E-state index contributed by atoms with van der Waals surface area (Å²) < 4.78 is 0. The van der Waals surface area contributed by atoms with Crippen LogP contribution in [0.25, 0.3) is 0 Å². The van der Waals surface area contributed by atoms with Gasteiger partial charge in [0.05, 0.1) is 5.02 Å². The Balaban J connectivity index is 2.02. The number of rotatable bonds is 5. The molecule has 3 heteroatoms. The quantitative estimate of drug-likeness (QED) is 0.832. The van der Waals surface area contributed by atoms with E-state index in [0.717, 1.165) is 23.9 Å². The van der Waals surface area contributed by atoms with Gasteiger partial charge in [-0.2, -0.15) is 0 Å². The minimum absolute atomic E-state index is 0.592. The summed E-state index contributed by atoms with van der Waals surface area (Å²) in [6.07, 6.45) is 7.30. The van der Waals surface area contributed by atoms with Crippen molar-refractivity contribution < 1.29 is 0 Å². The van der Waals surface area contributed by atoms with Crippen molar-refractivity contribution in [1.82, 2.24) is 10.3 Å². The maximum Gasteiger partial charge on any atom is 0.0621 e. The van der Waals surface area contributed by atoms with E-state index < -0.39 is 0 Å². The highest BCUT2D eigenvalue weighted by atomic mass is 35.5. The normalized spacial score (nSPS) is 17.7. The number of halogens is 1. The van der Waals surface area contributed by atoms with Gasteiger partial charge >= 0.3 is 0 Å². The van der Waals surface area contributed by atoms with Crippen LogP contribution in [0.4, 0.5) is 0 Å². The van der Waals surface area contributed by atoms with Crippen molar-refractivity contribution in [2.75, 3.05) is 6.54 Å². The van der Waals surface area contributed by atoms with Crippen LogP contribution >= 0.6 is 11.6 Å². The molecule has 1 aliphatic carbocycles. The highest BCUT2D eigenvalue weighted by Gasteiger charge is 2.30. The Morgan fingerprint density at radius 3 is 3.00 bits per heavy atom. The zero-order chi connectivity index (χ0) is 10.7. The second-order valence-corrected chi connectivity index (χ2v) is 4.58. The van der Waals surface area contributed by atoms with Crippen LogP contribution in [0, 0.1) is 5.92 Å². The summed E-state index contributed by atoms with van der Waals surface area (Å²) in [5.41, 5.74) is 1.21. The Morgan fingerprint density at radius 2 is 2.40 bits per heavy atom. The van der Waals surface area contributed by atoms with Gasteiger partial charge in [-0.1, -0.05) is 18.5 Å². The zero-order valence-corrected chi connectivity index (χ0v) is 9.80. The van der Waals surface area contributed by atoms with Gasteiger partial charge in [0.2, 0.25) is 0 Å². The lowest BCUT2D eigenvalue weighted by Crippen LogP contribution is -2.33. The number of pyridine rings is 1. The number of nitrogens with zero attached hydrogens (tertiary/aromatic N) is 1. The van der Waals surface area contributed by atoms with Crippen molar-refractivity contribution in [2.24, 2.45) is 5.92 Å². The molecule has 15 heavy (non-hydrogen) atoms. The highest BCUT2D eigenvalue weighted by Crippen LogP contribution is 2.34. The molecular formula is C12H17ClN2. The zero-order valence-electron chi connectivity index (χ0n) is 9.04. The molecule has 1 aromatic rings. The first-order valence-electron chi connectivity index (χ1n) is 5.63. The molecular weight excluding hydrogens is 208 g/mol. The van der Waals surface area contributed by atoms with E-state index in [1.807, 2.05) is 12.3 Å². The highest BCUT2D eigenvalue weighted by molar-refractivity contribution is 6.31. The van der Waals surface area contributed by atoms with Crippen LogP contribution in [-0.2, 0) is 6.42 Å². The Labute approximate surface area is 96.1 Å². The summed E-state index contributed by atoms with van der Waals surface area (Å²) in [6.45, 7) is 3.19. The summed E-state index contributed by atoms with van der Waals surface area (Å²) in [5.74, 6) is 0.856. The Morgan fingerprint density at radius 1 is 1.60 bits per heavy atom. The Bertz CT molecular complexity index is 323. The maximum absolute atomic E-state index is 6.10. The van der Waals surface area contributed by atoms with Gasteiger partial charge in [0.1, 0.15) is 0 Å². The van der Waals surface area contributed by atoms with Crippen LogP contribution in [0.1, 0.15) is 25.3 Å². The van der Waals surface area contributed by atoms with E-state index in [9.17, 15) is 0 Å². The molecule has 0 bridgehead atoms. The van der Waals surface area contributed by atoms with Crippen molar-refractivity contribution in [3.63, 3.8) is 0 Å². The SMILES string of the molecule is CCNC(Cc1ccncc1Cl)C1CC1. The van der Waals surface area contributed by atoms with E-state index in [1.165, 1.54) is 18.4 Å². The monoisotopic (exact) mass is 224 g/mol. The van der Waals surface area contributed by atoms with Gasteiger partial charge in [0, 0.05) is 18.4 Å². The molecule has 0 radical (unpaired) electrons. The third-order valence-electron chi connectivity index (χ3n) is 2.95. The molecule has 1 fully saturated rings. The standard InChI is InChI=1S/C12H17ClN2/c1-2-15-12(9-3-4-9)7-10-5-6-14-8-11(10)13/h5-6,8-9,12,15H,2-4,7H2,1H3. The average Bonchev–Trinajstić information content (AvgIpc) is 3.04. The molecule has 0 spiro atoms. The van der Waals surface area contributed by atoms with Gasteiger partial charge < -0.3 is 5.32 Å². The molecule has 1 N–H and O–H groups in total. The van der Waals surface area contributed by atoms with Crippen molar-refractivity contribution in [3.05, 3.63) is 29.0 Å². The lowest BCUT2D eigenvalue weighted by atomic mass is 10.0. The van der Waals surface area contributed by atoms with Gasteiger partial charge in [-0.15, -0.1) is 0 Å². The minimum atomic E-state index is 0.592. The summed E-state index contributed by atoms with van der Waals surface area (Å²) in [6, 6.07) is 2.62. The molecule has 82 valence electrons. The van der Waals surface area contributed by atoms with Crippen LogP contribution in [-0.4, -0.2) is 17.6 Å². The first-order valence-corrected chi connectivity index (χ1v) is 6.00. The third-order valence-corrected chi connectivity index (χ3v) is 3.29. The minimum Gasteiger partial charge on any atom is -0.314 e. The van der Waals surface area contributed by atoms with Gasteiger partial charge in [-0.3, -0.25) is 4.98 Å². The second-order valence-electron chi connectivity index (χ2n) is 4.17. The van der Waals surface area contributed by atoms with E-state index in [-0.39, 0.29) is 0 Å². The number of hydrogen-bond acceptors (Lipinski definition) is 2. The topological polar surface area (TPSA) is 24.9 Å². The number of hydrogen-bond donors (Lipinski definition) is 1. The van der Waals surface area contributed by atoms with E-state index in [2.05, 4.69) is 17.2 Å². The molecule has 0 amide bonds. The maximum atomic E-state index is 6.10. The number of likely N-dealkylation sites (N-methyl/N-ethyl adjacent to an activating group) is 1. The molecule has 0 aromatic carbocycles. The molecule has 2 rings (SSSR count). The summed E-state index contributed by atoms with van der Waals surface area (Å²) in [7, 11) is 0. The van der Waals surface area contributed by atoms with Crippen molar-refractivity contribution in [3.8, 4) is 0 Å². The van der Waals surface area contributed by atoms with Crippen molar-refractivity contribution in [1.29, 1.82) is 0 Å². The fourth-order valence-corrected chi connectivity index (χ4v) is 2.17. The lowest BCUT2D eigenvalue weighted by Gasteiger charge is -2.17. The van der Waals surface area contributed by atoms with E-state index in [1.54, 1.807) is 6.20 Å². The van der Waals surface area contributed by atoms with Crippen LogP contribution < -0.4 is 5.32 Å². The molecule has 0 aliphatic heterocycles. The Hall–Kier alpha value is -0.600. The fourth-order valence-electron chi connectivity index (χ4n) is 1.97. The molecule has 1 aromatic heterocycles. The molecule has 1 heterocycles. The number of aromatic nitrogens is 1. The summed E-state index contributed by atoms with van der Waals surface area (Å²) in [5, 5.41) is 4.33. The fraction of sp³-hybridized carbons (Fsp3) is 0.583.